The Morgan fingerprint density at radius 3 is 2.58 bits per heavy atom. The number of ether oxygens (including phenoxy) is 2. The number of nitrogens with two attached hydrogens (primary N) is 1. The molecule has 0 radical (unpaired) electrons. The van der Waals surface area contributed by atoms with Crippen molar-refractivity contribution in [3.05, 3.63) is 59.7 Å². The van der Waals surface area contributed by atoms with Gasteiger partial charge < -0.3 is 20.1 Å². The van der Waals surface area contributed by atoms with Crippen molar-refractivity contribution in [2.24, 2.45) is 5.73 Å². The lowest BCUT2D eigenvalue weighted by atomic mass is 10.1. The molecule has 2 N–H and O–H groups in total. The van der Waals surface area contributed by atoms with Gasteiger partial charge in [-0.2, -0.15) is 0 Å². The molecule has 0 atom stereocenters. The summed E-state index contributed by atoms with van der Waals surface area (Å²) in [5, 5.41) is 0. The van der Waals surface area contributed by atoms with Gasteiger partial charge in [-0.1, -0.05) is 36.4 Å². The Labute approximate surface area is 147 Å². The van der Waals surface area contributed by atoms with E-state index in [1.54, 1.807) is 23.1 Å². The zero-order valence-electron chi connectivity index (χ0n) is 13.3. The van der Waals surface area contributed by atoms with Crippen molar-refractivity contribution in [3.8, 4) is 11.5 Å². The van der Waals surface area contributed by atoms with Crippen LogP contribution in [0.3, 0.4) is 0 Å². The molecule has 0 bridgehead atoms. The van der Waals surface area contributed by atoms with E-state index in [0.29, 0.717) is 36.7 Å². The summed E-state index contributed by atoms with van der Waals surface area (Å²) in [6.07, 6.45) is 0.791. The third-order valence-electron chi connectivity index (χ3n) is 3.83. The molecule has 1 heterocycles. The highest BCUT2D eigenvalue weighted by atomic mass is 35.5. The minimum absolute atomic E-state index is 0. The fraction of sp³-hybridized carbons (Fsp3) is 0.278. The number of benzene rings is 2. The van der Waals surface area contributed by atoms with Gasteiger partial charge in [-0.3, -0.25) is 4.79 Å². The van der Waals surface area contributed by atoms with Crippen molar-refractivity contribution in [3.63, 3.8) is 0 Å². The molecule has 2 aromatic rings. The van der Waals surface area contributed by atoms with Gasteiger partial charge in [0.1, 0.15) is 0 Å². The first-order chi connectivity index (χ1) is 11.3. The second kappa shape index (κ2) is 8.57. The number of halogens is 1. The Morgan fingerprint density at radius 1 is 1.04 bits per heavy atom. The van der Waals surface area contributed by atoms with Crippen molar-refractivity contribution in [2.75, 3.05) is 26.4 Å². The summed E-state index contributed by atoms with van der Waals surface area (Å²) in [7, 11) is 0. The molecule has 1 aliphatic heterocycles. The van der Waals surface area contributed by atoms with Crippen molar-refractivity contribution < 1.29 is 14.3 Å². The van der Waals surface area contributed by atoms with E-state index < -0.39 is 0 Å². The lowest BCUT2D eigenvalue weighted by Crippen LogP contribution is -2.37. The number of fused-ring (bicyclic) bond motifs is 1. The fourth-order valence-corrected chi connectivity index (χ4v) is 2.65. The molecule has 0 fully saturated rings. The molecule has 0 spiro atoms. The van der Waals surface area contributed by atoms with Crippen molar-refractivity contribution in [1.82, 2.24) is 4.90 Å². The highest BCUT2D eigenvalue weighted by Gasteiger charge is 2.25. The molecule has 1 amide bonds. The maximum atomic E-state index is 12.9. The van der Waals surface area contributed by atoms with Gasteiger partial charge >= 0.3 is 0 Å². The highest BCUT2D eigenvalue weighted by Crippen LogP contribution is 2.35. The van der Waals surface area contributed by atoms with Crippen LogP contribution < -0.4 is 15.2 Å². The van der Waals surface area contributed by atoms with Gasteiger partial charge in [-0.25, -0.2) is 0 Å². The maximum absolute atomic E-state index is 12.9. The lowest BCUT2D eigenvalue weighted by molar-refractivity contribution is 0.0757. The largest absolute Gasteiger partial charge is 0.454 e. The van der Waals surface area contributed by atoms with E-state index in [9.17, 15) is 4.79 Å². The van der Waals surface area contributed by atoms with Crippen LogP contribution in [0.4, 0.5) is 0 Å². The van der Waals surface area contributed by atoms with Gasteiger partial charge in [-0.15, -0.1) is 12.4 Å². The van der Waals surface area contributed by atoms with Gasteiger partial charge in [0.25, 0.3) is 5.91 Å². The van der Waals surface area contributed by atoms with Crippen LogP contribution in [0.25, 0.3) is 0 Å². The molecule has 0 aliphatic carbocycles. The van der Waals surface area contributed by atoms with Gasteiger partial charge in [-0.05, 0) is 24.1 Å². The van der Waals surface area contributed by atoms with Crippen LogP contribution in [0.2, 0.25) is 0 Å². The zero-order valence-corrected chi connectivity index (χ0v) is 14.1. The van der Waals surface area contributed by atoms with E-state index in [1.165, 1.54) is 5.56 Å². The molecule has 1 aliphatic rings. The topological polar surface area (TPSA) is 64.8 Å². The van der Waals surface area contributed by atoms with Crippen molar-refractivity contribution >= 4 is 18.3 Å². The van der Waals surface area contributed by atoms with E-state index in [2.05, 4.69) is 12.1 Å². The molecule has 0 unspecified atom stereocenters. The Hall–Kier alpha value is -2.24. The fourth-order valence-electron chi connectivity index (χ4n) is 2.65. The third kappa shape index (κ3) is 3.99. The summed E-state index contributed by atoms with van der Waals surface area (Å²) in [4.78, 5) is 14.6. The molecule has 0 saturated heterocycles. The highest BCUT2D eigenvalue weighted by molar-refractivity contribution is 5.98. The predicted octanol–water partition coefficient (Wildman–Crippen LogP) is 2.48. The molecule has 0 aromatic heterocycles. The van der Waals surface area contributed by atoms with Gasteiger partial charge in [0.2, 0.25) is 6.79 Å². The number of amides is 1. The molecule has 5 nitrogen and oxygen atoms in total. The van der Waals surface area contributed by atoms with Crippen LogP contribution >= 0.6 is 12.4 Å². The Kier molecular flexibility index (Phi) is 6.46. The Morgan fingerprint density at radius 2 is 1.83 bits per heavy atom. The number of hydrogen-bond donors (Lipinski definition) is 1. The number of nitrogens with zero attached hydrogens (tertiary/aromatic N) is 1. The number of rotatable bonds is 6. The minimum atomic E-state index is -0.0752. The van der Waals surface area contributed by atoms with Crippen LogP contribution in [0, 0.1) is 0 Å². The number of carbonyl (C=O) groups is 1. The van der Waals surface area contributed by atoms with Crippen molar-refractivity contribution in [1.29, 1.82) is 0 Å². The van der Waals surface area contributed by atoms with Crippen LogP contribution in [-0.4, -0.2) is 37.2 Å². The normalized spacial score (nSPS) is 11.7. The molecule has 128 valence electrons. The summed E-state index contributed by atoms with van der Waals surface area (Å²) in [5.41, 5.74) is 7.40. The van der Waals surface area contributed by atoms with E-state index in [-0.39, 0.29) is 25.1 Å². The molecular formula is C18H21ClN2O3. The summed E-state index contributed by atoms with van der Waals surface area (Å²) >= 11 is 0. The predicted molar refractivity (Wildman–Crippen MR) is 94.9 cm³/mol. The monoisotopic (exact) mass is 348 g/mol. The summed E-state index contributed by atoms with van der Waals surface area (Å²) in [5.74, 6) is 1.07. The summed E-state index contributed by atoms with van der Waals surface area (Å²) in [6, 6.07) is 15.5. The van der Waals surface area contributed by atoms with E-state index in [1.807, 2.05) is 18.2 Å². The summed E-state index contributed by atoms with van der Waals surface area (Å²) in [6.45, 7) is 1.70. The first kappa shape index (κ1) is 18.1. The average Bonchev–Trinajstić information content (AvgIpc) is 3.07. The molecule has 6 heteroatoms. The first-order valence-corrected chi connectivity index (χ1v) is 7.71. The molecule has 3 rings (SSSR count). The van der Waals surface area contributed by atoms with E-state index >= 15 is 0 Å². The Balaban J connectivity index is 0.00000208. The second-order valence-electron chi connectivity index (χ2n) is 5.36. The number of carbonyl (C=O) groups excluding carboxylic acids is 1. The van der Waals surface area contributed by atoms with E-state index in [0.717, 1.165) is 6.42 Å². The van der Waals surface area contributed by atoms with Gasteiger partial charge in [0.05, 0.1) is 5.56 Å². The van der Waals surface area contributed by atoms with E-state index in [4.69, 9.17) is 15.2 Å². The second-order valence-corrected chi connectivity index (χ2v) is 5.36. The first-order valence-electron chi connectivity index (χ1n) is 7.71. The SMILES string of the molecule is Cl.NCCN(CCc1ccccc1)C(=O)c1cccc2c1OCO2. The molecule has 0 saturated carbocycles. The van der Waals surface area contributed by atoms with Crippen LogP contribution in [0.15, 0.2) is 48.5 Å². The number of para-hydroxylation sites is 1. The quantitative estimate of drug-likeness (QED) is 0.871. The van der Waals surface area contributed by atoms with Gasteiger partial charge in [0.15, 0.2) is 11.5 Å². The smallest absolute Gasteiger partial charge is 0.257 e. The van der Waals surface area contributed by atoms with Gasteiger partial charge in [0, 0.05) is 19.6 Å². The maximum Gasteiger partial charge on any atom is 0.257 e. The molecular weight excluding hydrogens is 328 g/mol. The van der Waals surface area contributed by atoms with Crippen molar-refractivity contribution in [2.45, 2.75) is 6.42 Å². The molecule has 24 heavy (non-hydrogen) atoms. The standard InChI is InChI=1S/C18H20N2O3.ClH/c19-10-12-20(11-9-14-5-2-1-3-6-14)18(21)15-7-4-8-16-17(15)23-13-22-16;/h1-8H,9-13,19H2;1H. The Bertz CT molecular complexity index is 679. The zero-order chi connectivity index (χ0) is 16.1. The third-order valence-corrected chi connectivity index (χ3v) is 3.83. The molecule has 2 aromatic carbocycles. The summed E-state index contributed by atoms with van der Waals surface area (Å²) < 4.78 is 10.8. The van der Waals surface area contributed by atoms with Crippen LogP contribution in [-0.2, 0) is 6.42 Å². The number of hydrogen-bond acceptors (Lipinski definition) is 4. The lowest BCUT2D eigenvalue weighted by Gasteiger charge is -2.22. The van der Waals surface area contributed by atoms with Crippen LogP contribution in [0.1, 0.15) is 15.9 Å². The average molecular weight is 349 g/mol. The van der Waals surface area contributed by atoms with Crippen LogP contribution in [0.5, 0.6) is 11.5 Å². The minimum Gasteiger partial charge on any atom is -0.454 e.